The van der Waals surface area contributed by atoms with Crippen molar-refractivity contribution in [2.75, 3.05) is 26.8 Å². The van der Waals surface area contributed by atoms with Gasteiger partial charge in [-0.1, -0.05) is 0 Å². The summed E-state index contributed by atoms with van der Waals surface area (Å²) < 4.78 is 35.9. The Labute approximate surface area is 83.8 Å². The van der Waals surface area contributed by atoms with Crippen LogP contribution in [0.15, 0.2) is 0 Å². The van der Waals surface area contributed by atoms with Crippen LogP contribution in [0.25, 0.3) is 0 Å². The summed E-state index contributed by atoms with van der Waals surface area (Å²) >= 11 is 0. The van der Waals surface area contributed by atoms with Crippen LogP contribution < -0.4 is 5.32 Å². The van der Waals surface area contributed by atoms with Gasteiger partial charge >= 0.3 is 12.2 Å². The number of amides is 3. The highest BCUT2D eigenvalue weighted by Crippen LogP contribution is 2.19. The quantitative estimate of drug-likeness (QED) is 0.682. The van der Waals surface area contributed by atoms with Gasteiger partial charge in [-0.05, 0) is 0 Å². The molecular formula is C7H10F3N3O2. The Hall–Kier alpha value is -1.47. The first-order valence-electron chi connectivity index (χ1n) is 4.14. The van der Waals surface area contributed by atoms with Crippen LogP contribution in [0.3, 0.4) is 0 Å². The van der Waals surface area contributed by atoms with Gasteiger partial charge < -0.3 is 10.2 Å². The molecule has 0 radical (unpaired) electrons. The molecule has 0 aliphatic carbocycles. The Bertz CT molecular complexity index is 279. The van der Waals surface area contributed by atoms with E-state index < -0.39 is 24.7 Å². The summed E-state index contributed by atoms with van der Waals surface area (Å²) in [6.45, 7) is -1.95. The average Bonchev–Trinajstić information content (AvgIpc) is 2.44. The Morgan fingerprint density at radius 1 is 1.53 bits per heavy atom. The molecule has 0 aromatic carbocycles. The van der Waals surface area contributed by atoms with E-state index in [4.69, 9.17) is 0 Å². The lowest BCUT2D eigenvalue weighted by molar-refractivity contribution is -0.157. The van der Waals surface area contributed by atoms with Gasteiger partial charge in [-0.3, -0.25) is 9.69 Å². The molecule has 0 spiro atoms. The third-order valence-corrected chi connectivity index (χ3v) is 1.89. The number of alkyl halides is 3. The smallest absolute Gasteiger partial charge is 0.341 e. The number of halogens is 3. The SMILES string of the molecule is CNC(=O)N1CC(=O)N(CC(F)(F)F)C1. The molecule has 0 aromatic heterocycles. The normalized spacial score (nSPS) is 17.2. The Balaban J connectivity index is 2.57. The van der Waals surface area contributed by atoms with Gasteiger partial charge in [-0.15, -0.1) is 0 Å². The van der Waals surface area contributed by atoms with Crippen molar-refractivity contribution in [1.82, 2.24) is 15.1 Å². The predicted molar refractivity (Wildman–Crippen MR) is 43.8 cm³/mol. The van der Waals surface area contributed by atoms with E-state index in [0.717, 1.165) is 4.90 Å². The summed E-state index contributed by atoms with van der Waals surface area (Å²) in [6.07, 6.45) is -4.44. The maximum absolute atomic E-state index is 12.0. The molecule has 1 aliphatic rings. The molecule has 0 aromatic rings. The van der Waals surface area contributed by atoms with E-state index in [1.807, 2.05) is 0 Å². The second kappa shape index (κ2) is 3.95. The maximum Gasteiger partial charge on any atom is 0.406 e. The monoisotopic (exact) mass is 225 g/mol. The summed E-state index contributed by atoms with van der Waals surface area (Å²) in [4.78, 5) is 23.7. The van der Waals surface area contributed by atoms with Gasteiger partial charge in [0.05, 0.1) is 6.67 Å². The number of rotatable bonds is 1. The fraction of sp³-hybridized carbons (Fsp3) is 0.714. The van der Waals surface area contributed by atoms with E-state index in [1.165, 1.54) is 7.05 Å². The molecule has 15 heavy (non-hydrogen) atoms. The highest BCUT2D eigenvalue weighted by Gasteiger charge is 2.38. The number of hydrogen-bond acceptors (Lipinski definition) is 2. The fourth-order valence-electron chi connectivity index (χ4n) is 1.25. The zero-order chi connectivity index (χ0) is 11.6. The van der Waals surface area contributed by atoms with E-state index in [1.54, 1.807) is 0 Å². The lowest BCUT2D eigenvalue weighted by atomic mass is 10.5. The third-order valence-electron chi connectivity index (χ3n) is 1.89. The van der Waals surface area contributed by atoms with Crippen LogP contribution in [0.1, 0.15) is 0 Å². The summed E-state index contributed by atoms with van der Waals surface area (Å²) in [5, 5.41) is 2.24. The second-order valence-electron chi connectivity index (χ2n) is 3.10. The molecular weight excluding hydrogens is 215 g/mol. The van der Waals surface area contributed by atoms with Crippen molar-refractivity contribution in [2.45, 2.75) is 6.18 Å². The van der Waals surface area contributed by atoms with E-state index in [2.05, 4.69) is 5.32 Å². The highest BCUT2D eigenvalue weighted by atomic mass is 19.4. The molecule has 1 aliphatic heterocycles. The Morgan fingerprint density at radius 2 is 2.13 bits per heavy atom. The third kappa shape index (κ3) is 3.00. The van der Waals surface area contributed by atoms with E-state index >= 15 is 0 Å². The van der Waals surface area contributed by atoms with Crippen LogP contribution in [0, 0.1) is 0 Å². The van der Waals surface area contributed by atoms with Gasteiger partial charge in [-0.2, -0.15) is 13.2 Å². The molecule has 0 atom stereocenters. The number of urea groups is 1. The molecule has 8 heteroatoms. The molecule has 3 amide bonds. The number of carbonyl (C=O) groups is 2. The molecule has 0 bridgehead atoms. The van der Waals surface area contributed by atoms with Crippen molar-refractivity contribution < 1.29 is 22.8 Å². The molecule has 1 N–H and O–H groups in total. The molecule has 1 heterocycles. The van der Waals surface area contributed by atoms with E-state index in [-0.39, 0.29) is 13.2 Å². The van der Waals surface area contributed by atoms with Crippen molar-refractivity contribution in [3.8, 4) is 0 Å². The first-order valence-corrected chi connectivity index (χ1v) is 4.14. The van der Waals surface area contributed by atoms with Gasteiger partial charge in [-0.25, -0.2) is 4.79 Å². The van der Waals surface area contributed by atoms with Crippen molar-refractivity contribution in [1.29, 1.82) is 0 Å². The zero-order valence-corrected chi connectivity index (χ0v) is 7.97. The van der Waals surface area contributed by atoms with Crippen LogP contribution >= 0.6 is 0 Å². The van der Waals surface area contributed by atoms with E-state index in [0.29, 0.717) is 4.90 Å². The van der Waals surface area contributed by atoms with Gasteiger partial charge in [0.15, 0.2) is 0 Å². The first kappa shape index (κ1) is 11.6. The minimum Gasteiger partial charge on any atom is -0.341 e. The Morgan fingerprint density at radius 3 is 2.60 bits per heavy atom. The molecule has 86 valence electrons. The topological polar surface area (TPSA) is 52.7 Å². The highest BCUT2D eigenvalue weighted by molar-refractivity contribution is 5.86. The molecule has 5 nitrogen and oxygen atoms in total. The number of nitrogens with zero attached hydrogens (tertiary/aromatic N) is 2. The van der Waals surface area contributed by atoms with Crippen LogP contribution in [0.4, 0.5) is 18.0 Å². The second-order valence-corrected chi connectivity index (χ2v) is 3.10. The predicted octanol–water partition coefficient (Wildman–Crippen LogP) is -0.0102. The standard InChI is InChI=1S/C7H10F3N3O2/c1-11-6(15)12-2-5(14)13(4-12)3-7(8,9)10/h2-4H2,1H3,(H,11,15). The Kier molecular flexibility index (Phi) is 3.06. The first-order chi connectivity index (χ1) is 6.83. The average molecular weight is 225 g/mol. The lowest BCUT2D eigenvalue weighted by Gasteiger charge is -2.18. The van der Waals surface area contributed by atoms with Crippen molar-refractivity contribution in [3.05, 3.63) is 0 Å². The largest absolute Gasteiger partial charge is 0.406 e. The van der Waals surface area contributed by atoms with E-state index in [9.17, 15) is 22.8 Å². The molecule has 0 unspecified atom stereocenters. The van der Waals surface area contributed by atoms with Gasteiger partial charge in [0, 0.05) is 7.05 Å². The van der Waals surface area contributed by atoms with Crippen LogP contribution in [0.2, 0.25) is 0 Å². The number of nitrogens with one attached hydrogen (secondary N) is 1. The van der Waals surface area contributed by atoms with Crippen LogP contribution in [-0.2, 0) is 4.79 Å². The minimum absolute atomic E-state index is 0.310. The molecule has 0 saturated carbocycles. The van der Waals surface area contributed by atoms with Gasteiger partial charge in [0.1, 0.15) is 13.1 Å². The minimum atomic E-state index is -4.44. The summed E-state index contributed by atoms with van der Waals surface area (Å²) in [6, 6.07) is -0.562. The van der Waals surface area contributed by atoms with Crippen molar-refractivity contribution in [2.24, 2.45) is 0 Å². The van der Waals surface area contributed by atoms with Crippen molar-refractivity contribution in [3.63, 3.8) is 0 Å². The maximum atomic E-state index is 12.0. The van der Waals surface area contributed by atoms with Gasteiger partial charge in [0.2, 0.25) is 5.91 Å². The lowest BCUT2D eigenvalue weighted by Crippen LogP contribution is -2.39. The van der Waals surface area contributed by atoms with Crippen LogP contribution in [-0.4, -0.2) is 54.7 Å². The zero-order valence-electron chi connectivity index (χ0n) is 7.97. The van der Waals surface area contributed by atoms with Crippen LogP contribution in [0.5, 0.6) is 0 Å². The summed E-state index contributed by atoms with van der Waals surface area (Å²) in [7, 11) is 1.35. The molecule has 1 fully saturated rings. The molecule has 1 rings (SSSR count). The summed E-state index contributed by atoms with van der Waals surface area (Å²) in [5.74, 6) is -0.698. The van der Waals surface area contributed by atoms with Gasteiger partial charge in [0.25, 0.3) is 0 Å². The fourth-order valence-corrected chi connectivity index (χ4v) is 1.25. The summed E-state index contributed by atoms with van der Waals surface area (Å²) in [5.41, 5.74) is 0. The molecule has 1 saturated heterocycles. The number of hydrogen-bond donors (Lipinski definition) is 1. The van der Waals surface area contributed by atoms with Crippen molar-refractivity contribution >= 4 is 11.9 Å². The number of carbonyl (C=O) groups excluding carboxylic acids is 2.